The Bertz CT molecular complexity index is 1330. The third-order valence-corrected chi connectivity index (χ3v) is 6.43. The van der Waals surface area contributed by atoms with Crippen molar-refractivity contribution in [3.8, 4) is 0 Å². The Morgan fingerprint density at radius 2 is 2.00 bits per heavy atom. The van der Waals surface area contributed by atoms with Crippen LogP contribution in [0.2, 0.25) is 0 Å². The summed E-state index contributed by atoms with van der Waals surface area (Å²) >= 11 is 0. The molecule has 1 N–H and O–H groups in total. The van der Waals surface area contributed by atoms with Crippen molar-refractivity contribution in [1.82, 2.24) is 30.1 Å². The van der Waals surface area contributed by atoms with E-state index in [0.717, 1.165) is 48.0 Å². The van der Waals surface area contributed by atoms with Gasteiger partial charge in [0.15, 0.2) is 5.82 Å². The lowest BCUT2D eigenvalue weighted by Gasteiger charge is -2.36. The van der Waals surface area contributed by atoms with E-state index < -0.39 is 0 Å². The number of nitrogens with zero attached hydrogens (tertiary/aromatic N) is 5. The average Bonchev–Trinajstić information content (AvgIpc) is 3.24. The molecule has 2 atom stereocenters. The van der Waals surface area contributed by atoms with E-state index in [4.69, 9.17) is 0 Å². The van der Waals surface area contributed by atoms with E-state index in [1.807, 2.05) is 25.1 Å². The fraction of sp³-hybridized carbons (Fsp3) is 0.360. The number of benzene rings is 2. The number of aromatic amines is 1. The molecule has 1 fully saturated rings. The number of halogens is 1. The number of hydrogen-bond donors (Lipinski definition) is 1. The van der Waals surface area contributed by atoms with Crippen molar-refractivity contribution >= 4 is 10.9 Å². The predicted octanol–water partition coefficient (Wildman–Crippen LogP) is 3.83. The van der Waals surface area contributed by atoms with E-state index in [2.05, 4.69) is 38.4 Å². The van der Waals surface area contributed by atoms with Gasteiger partial charge in [0.25, 0.3) is 5.56 Å². The van der Waals surface area contributed by atoms with Gasteiger partial charge in [0, 0.05) is 17.6 Å². The minimum Gasteiger partial charge on any atom is -0.322 e. The van der Waals surface area contributed by atoms with Crippen molar-refractivity contribution in [3.63, 3.8) is 0 Å². The number of pyridine rings is 1. The molecule has 2 aromatic carbocycles. The Kier molecular flexibility index (Phi) is 5.76. The fourth-order valence-corrected chi connectivity index (χ4v) is 4.79. The van der Waals surface area contributed by atoms with Crippen molar-refractivity contribution in [2.75, 3.05) is 13.1 Å². The highest BCUT2D eigenvalue weighted by atomic mass is 19.1. The molecule has 1 aliphatic heterocycles. The van der Waals surface area contributed by atoms with Crippen molar-refractivity contribution in [1.29, 1.82) is 0 Å². The van der Waals surface area contributed by atoms with E-state index in [1.54, 1.807) is 16.8 Å². The maximum atomic E-state index is 13.4. The molecule has 7 nitrogen and oxygen atoms in total. The molecular formula is C25H27FN6O. The van der Waals surface area contributed by atoms with E-state index >= 15 is 0 Å². The lowest BCUT2D eigenvalue weighted by atomic mass is 9.95. The minimum absolute atomic E-state index is 0.133. The number of aryl methyl sites for hydroxylation is 1. The summed E-state index contributed by atoms with van der Waals surface area (Å²) < 4.78 is 15.1. The minimum atomic E-state index is -0.378. The Labute approximate surface area is 191 Å². The van der Waals surface area contributed by atoms with E-state index in [1.165, 1.54) is 12.1 Å². The molecular weight excluding hydrogens is 419 g/mol. The second-order valence-corrected chi connectivity index (χ2v) is 9.11. The number of aromatic nitrogens is 5. The fourth-order valence-electron chi connectivity index (χ4n) is 4.79. The second kappa shape index (κ2) is 8.86. The summed E-state index contributed by atoms with van der Waals surface area (Å²) in [6, 6.07) is 13.9. The molecule has 0 saturated carbocycles. The highest BCUT2D eigenvalue weighted by Crippen LogP contribution is 2.31. The SMILES string of the molecule is Cc1ccc2[nH]c(=O)c([C@H](c3nnnn3Cc3ccc(F)cc3)N3CCC[C@@H](C)C3)cc2c1. The molecule has 0 unspecified atom stereocenters. The highest BCUT2D eigenvalue weighted by Gasteiger charge is 2.32. The van der Waals surface area contributed by atoms with Crippen LogP contribution >= 0.6 is 0 Å². The molecule has 8 heteroatoms. The number of fused-ring (bicyclic) bond motifs is 1. The Hall–Kier alpha value is -3.39. The van der Waals surface area contributed by atoms with Gasteiger partial charge in [-0.2, -0.15) is 0 Å². The second-order valence-electron chi connectivity index (χ2n) is 9.11. The molecule has 0 radical (unpaired) electrons. The van der Waals surface area contributed by atoms with Crippen LogP contribution in [0.3, 0.4) is 0 Å². The standard InChI is InChI=1S/C25H27FN6O/c1-16-5-10-22-19(12-16)13-21(25(33)27-22)23(31-11-3-4-17(2)14-31)24-28-29-30-32(24)15-18-6-8-20(26)9-7-18/h5-10,12-13,17,23H,3-4,11,14-15H2,1-2H3,(H,27,33)/t17-,23-/m1/s1. The summed E-state index contributed by atoms with van der Waals surface area (Å²) in [6.45, 7) is 6.39. The first-order valence-electron chi connectivity index (χ1n) is 11.4. The van der Waals surface area contributed by atoms with E-state index in [9.17, 15) is 9.18 Å². The summed E-state index contributed by atoms with van der Waals surface area (Å²) in [4.78, 5) is 18.6. The molecule has 0 amide bonds. The van der Waals surface area contributed by atoms with Crippen LogP contribution in [-0.4, -0.2) is 43.2 Å². The molecule has 1 saturated heterocycles. The smallest absolute Gasteiger partial charge is 0.253 e. The van der Waals surface area contributed by atoms with Gasteiger partial charge in [-0.05, 0) is 83.9 Å². The quantitative estimate of drug-likeness (QED) is 0.504. The van der Waals surface area contributed by atoms with Gasteiger partial charge in [0.05, 0.1) is 6.54 Å². The normalized spacial score (nSPS) is 18.0. The predicted molar refractivity (Wildman–Crippen MR) is 124 cm³/mol. The van der Waals surface area contributed by atoms with E-state index in [0.29, 0.717) is 23.9 Å². The highest BCUT2D eigenvalue weighted by molar-refractivity contribution is 5.79. The molecule has 4 aromatic rings. The zero-order chi connectivity index (χ0) is 22.9. The van der Waals surface area contributed by atoms with Crippen molar-refractivity contribution in [2.24, 2.45) is 5.92 Å². The summed E-state index contributed by atoms with van der Waals surface area (Å²) in [5.74, 6) is 0.851. The number of tetrazole rings is 1. The Morgan fingerprint density at radius 3 is 2.79 bits per heavy atom. The molecule has 0 spiro atoms. The number of rotatable bonds is 5. The van der Waals surface area contributed by atoms with Gasteiger partial charge in [-0.15, -0.1) is 5.10 Å². The molecule has 1 aliphatic rings. The van der Waals surface area contributed by atoms with Crippen LogP contribution in [0.15, 0.2) is 53.3 Å². The van der Waals surface area contributed by atoms with Crippen LogP contribution in [0, 0.1) is 18.7 Å². The first kappa shape index (κ1) is 21.5. The Balaban J connectivity index is 1.62. The maximum absolute atomic E-state index is 13.4. The third kappa shape index (κ3) is 4.43. The summed E-state index contributed by atoms with van der Waals surface area (Å²) in [6.07, 6.45) is 2.22. The number of likely N-dealkylation sites (tertiary alicyclic amines) is 1. The zero-order valence-corrected chi connectivity index (χ0v) is 18.8. The molecule has 0 bridgehead atoms. The van der Waals surface area contributed by atoms with Gasteiger partial charge >= 0.3 is 0 Å². The lowest BCUT2D eigenvalue weighted by Crippen LogP contribution is -2.41. The molecule has 33 heavy (non-hydrogen) atoms. The van der Waals surface area contributed by atoms with Crippen LogP contribution in [0.25, 0.3) is 10.9 Å². The molecule has 3 heterocycles. The van der Waals surface area contributed by atoms with Crippen molar-refractivity contribution in [2.45, 2.75) is 39.3 Å². The maximum Gasteiger partial charge on any atom is 0.253 e. The van der Waals surface area contributed by atoms with Crippen LogP contribution < -0.4 is 5.56 Å². The van der Waals surface area contributed by atoms with Gasteiger partial charge in [-0.1, -0.05) is 30.7 Å². The van der Waals surface area contributed by atoms with Crippen molar-refractivity contribution in [3.05, 3.63) is 87.2 Å². The third-order valence-electron chi connectivity index (χ3n) is 6.43. The van der Waals surface area contributed by atoms with Crippen LogP contribution in [0.5, 0.6) is 0 Å². The topological polar surface area (TPSA) is 79.7 Å². The number of nitrogens with one attached hydrogen (secondary N) is 1. The van der Waals surface area contributed by atoms with Gasteiger partial charge < -0.3 is 4.98 Å². The summed E-state index contributed by atoms with van der Waals surface area (Å²) in [7, 11) is 0. The molecule has 5 rings (SSSR count). The molecule has 2 aromatic heterocycles. The van der Waals surface area contributed by atoms with Gasteiger partial charge in [0.2, 0.25) is 0 Å². The monoisotopic (exact) mass is 446 g/mol. The summed E-state index contributed by atoms with van der Waals surface area (Å²) in [5.41, 5.74) is 3.33. The zero-order valence-electron chi connectivity index (χ0n) is 18.8. The first-order valence-corrected chi connectivity index (χ1v) is 11.4. The van der Waals surface area contributed by atoms with Crippen molar-refractivity contribution < 1.29 is 4.39 Å². The van der Waals surface area contributed by atoms with Crippen LogP contribution in [0.4, 0.5) is 4.39 Å². The van der Waals surface area contributed by atoms with Gasteiger partial charge in [-0.25, -0.2) is 9.07 Å². The number of hydrogen-bond acceptors (Lipinski definition) is 5. The number of H-pyrrole nitrogens is 1. The first-order chi connectivity index (χ1) is 16.0. The largest absolute Gasteiger partial charge is 0.322 e. The van der Waals surface area contributed by atoms with Gasteiger partial charge in [0.1, 0.15) is 11.9 Å². The Morgan fingerprint density at radius 1 is 1.18 bits per heavy atom. The summed E-state index contributed by atoms with van der Waals surface area (Å²) in [5, 5.41) is 13.5. The number of piperidine rings is 1. The van der Waals surface area contributed by atoms with Crippen LogP contribution in [-0.2, 0) is 6.54 Å². The van der Waals surface area contributed by atoms with Gasteiger partial charge in [-0.3, -0.25) is 9.69 Å². The molecule has 0 aliphatic carbocycles. The van der Waals surface area contributed by atoms with Crippen LogP contribution in [0.1, 0.15) is 48.3 Å². The van der Waals surface area contributed by atoms with E-state index in [-0.39, 0.29) is 17.4 Å². The molecule has 170 valence electrons. The average molecular weight is 447 g/mol. The lowest BCUT2D eigenvalue weighted by molar-refractivity contribution is 0.141.